The summed E-state index contributed by atoms with van der Waals surface area (Å²) >= 11 is 0. The Morgan fingerprint density at radius 2 is 2.06 bits per heavy atom. The Bertz CT molecular complexity index is 1070. The van der Waals surface area contributed by atoms with E-state index in [1.807, 2.05) is 37.3 Å². The van der Waals surface area contributed by atoms with E-state index in [2.05, 4.69) is 10.2 Å². The number of nitrogens with zero attached hydrogens (tertiary/aromatic N) is 1. The van der Waals surface area contributed by atoms with Gasteiger partial charge in [0.15, 0.2) is 0 Å². The molecule has 0 bridgehead atoms. The van der Waals surface area contributed by atoms with E-state index >= 15 is 0 Å². The number of fused-ring (bicyclic) bond motifs is 1. The number of methoxy groups -OCH3 is 1. The van der Waals surface area contributed by atoms with Crippen LogP contribution in [0.4, 0.5) is 4.39 Å². The van der Waals surface area contributed by atoms with Crippen LogP contribution in [0.3, 0.4) is 0 Å². The number of halogens is 1. The second-order valence-electron chi connectivity index (χ2n) is 8.65. The van der Waals surface area contributed by atoms with Crippen molar-refractivity contribution in [2.75, 3.05) is 26.7 Å². The first-order valence-electron chi connectivity index (χ1n) is 11.6. The molecule has 1 aliphatic rings. The summed E-state index contributed by atoms with van der Waals surface area (Å²) in [5.41, 5.74) is 2.05. The zero-order chi connectivity index (χ0) is 23.9. The predicted molar refractivity (Wildman–Crippen MR) is 128 cm³/mol. The molecular formula is C27H31FN2O4. The fraction of sp³-hybridized carbons (Fsp3) is 0.370. The van der Waals surface area contributed by atoms with Crippen molar-refractivity contribution in [3.63, 3.8) is 0 Å². The first-order valence-corrected chi connectivity index (χ1v) is 11.6. The van der Waals surface area contributed by atoms with Crippen molar-refractivity contribution in [3.8, 4) is 11.5 Å². The van der Waals surface area contributed by atoms with Gasteiger partial charge >= 0.3 is 0 Å². The van der Waals surface area contributed by atoms with Gasteiger partial charge in [-0.1, -0.05) is 18.2 Å². The summed E-state index contributed by atoms with van der Waals surface area (Å²) in [4.78, 5) is 14.8. The summed E-state index contributed by atoms with van der Waals surface area (Å²) in [5, 5.41) is 3.03. The van der Waals surface area contributed by atoms with Crippen molar-refractivity contribution >= 4 is 5.91 Å². The maximum Gasteiger partial charge on any atom is 0.221 e. The van der Waals surface area contributed by atoms with Crippen molar-refractivity contribution in [2.24, 2.45) is 0 Å². The number of furan rings is 1. The maximum atomic E-state index is 13.4. The van der Waals surface area contributed by atoms with Crippen molar-refractivity contribution < 1.29 is 23.1 Å². The van der Waals surface area contributed by atoms with Crippen LogP contribution < -0.4 is 14.8 Å². The van der Waals surface area contributed by atoms with E-state index in [0.29, 0.717) is 25.9 Å². The molecule has 1 aliphatic heterocycles. The van der Waals surface area contributed by atoms with Gasteiger partial charge in [0.25, 0.3) is 0 Å². The molecule has 7 heteroatoms. The van der Waals surface area contributed by atoms with E-state index in [-0.39, 0.29) is 23.7 Å². The monoisotopic (exact) mass is 466 g/mol. The molecule has 0 aliphatic carbocycles. The van der Waals surface area contributed by atoms with Gasteiger partial charge < -0.3 is 19.2 Å². The highest BCUT2D eigenvalue weighted by Crippen LogP contribution is 2.30. The van der Waals surface area contributed by atoms with Crippen molar-refractivity contribution in [2.45, 2.75) is 38.3 Å². The topological polar surface area (TPSA) is 63.9 Å². The van der Waals surface area contributed by atoms with Crippen molar-refractivity contribution in [1.82, 2.24) is 10.2 Å². The normalized spacial score (nSPS) is 16.7. The number of carbonyl (C=O) groups is 1. The summed E-state index contributed by atoms with van der Waals surface area (Å²) in [7, 11) is 1.64. The van der Waals surface area contributed by atoms with Crippen LogP contribution in [-0.4, -0.2) is 43.7 Å². The largest absolute Gasteiger partial charge is 0.497 e. The molecule has 2 atom stereocenters. The lowest BCUT2D eigenvalue weighted by Gasteiger charge is -2.21. The van der Waals surface area contributed by atoms with Crippen LogP contribution in [0.5, 0.6) is 11.5 Å². The molecule has 0 radical (unpaired) electrons. The van der Waals surface area contributed by atoms with Crippen molar-refractivity contribution in [1.29, 1.82) is 0 Å². The molecule has 4 rings (SSSR count). The van der Waals surface area contributed by atoms with Gasteiger partial charge in [-0.3, -0.25) is 9.69 Å². The minimum absolute atomic E-state index is 0.00470. The average Bonchev–Trinajstić information content (AvgIpc) is 3.31. The molecule has 0 saturated heterocycles. The van der Waals surface area contributed by atoms with Gasteiger partial charge in [-0.25, -0.2) is 4.39 Å². The molecular weight excluding hydrogens is 435 g/mol. The third-order valence-electron chi connectivity index (χ3n) is 6.08. The molecule has 34 heavy (non-hydrogen) atoms. The predicted octanol–water partition coefficient (Wildman–Crippen LogP) is 4.74. The minimum atomic E-state index is -0.273. The number of rotatable bonds is 9. The average molecular weight is 467 g/mol. The standard InChI is InChI=1S/C27H31FN2O4/c1-19-17-30(18-21-7-10-23(32-2)16-26(21)34-19)14-12-27(31)29-13-11-24(25-4-3-15-33-25)20-5-8-22(28)9-6-20/h3-10,15-16,19,24H,11-14,17-18H2,1-2H3,(H,29,31). The molecule has 2 aromatic carbocycles. The maximum absolute atomic E-state index is 13.4. The van der Waals surface area contributed by atoms with Gasteiger partial charge in [0.05, 0.1) is 13.4 Å². The van der Waals surface area contributed by atoms with E-state index in [4.69, 9.17) is 13.9 Å². The zero-order valence-electron chi connectivity index (χ0n) is 19.6. The number of hydrogen-bond acceptors (Lipinski definition) is 5. The highest BCUT2D eigenvalue weighted by molar-refractivity contribution is 5.76. The molecule has 0 spiro atoms. The summed E-state index contributed by atoms with van der Waals surface area (Å²) in [6.45, 7) is 4.65. The van der Waals surface area contributed by atoms with E-state index in [1.165, 1.54) is 12.1 Å². The fourth-order valence-corrected chi connectivity index (χ4v) is 4.36. The molecule has 1 amide bonds. The zero-order valence-corrected chi connectivity index (χ0v) is 19.6. The molecule has 2 unspecified atom stereocenters. The van der Waals surface area contributed by atoms with Gasteiger partial charge in [-0.2, -0.15) is 0 Å². The first-order chi connectivity index (χ1) is 16.5. The Balaban J connectivity index is 1.29. The quantitative estimate of drug-likeness (QED) is 0.494. The number of amides is 1. The Morgan fingerprint density at radius 1 is 1.24 bits per heavy atom. The minimum Gasteiger partial charge on any atom is -0.497 e. The summed E-state index contributed by atoms with van der Waals surface area (Å²) in [6, 6.07) is 16.0. The second-order valence-corrected chi connectivity index (χ2v) is 8.65. The molecule has 0 fully saturated rings. The van der Waals surface area contributed by atoms with Crippen LogP contribution in [0.15, 0.2) is 65.3 Å². The molecule has 1 N–H and O–H groups in total. The van der Waals surface area contributed by atoms with Crippen LogP contribution in [0.25, 0.3) is 0 Å². The van der Waals surface area contributed by atoms with Crippen LogP contribution in [0.2, 0.25) is 0 Å². The van der Waals surface area contributed by atoms with Crippen LogP contribution in [-0.2, 0) is 11.3 Å². The van der Waals surface area contributed by atoms with Crippen molar-refractivity contribution in [3.05, 3.63) is 83.6 Å². The van der Waals surface area contributed by atoms with E-state index < -0.39 is 0 Å². The summed E-state index contributed by atoms with van der Waals surface area (Å²) in [6.07, 6.45) is 2.71. The third-order valence-corrected chi connectivity index (χ3v) is 6.08. The Labute approximate surface area is 199 Å². The number of ether oxygens (including phenoxy) is 2. The molecule has 3 aromatic rings. The van der Waals surface area contributed by atoms with E-state index in [9.17, 15) is 9.18 Å². The lowest BCUT2D eigenvalue weighted by atomic mass is 9.93. The van der Waals surface area contributed by atoms with Crippen LogP contribution in [0, 0.1) is 5.82 Å². The Kier molecular flexibility index (Phi) is 7.85. The number of benzene rings is 2. The smallest absolute Gasteiger partial charge is 0.221 e. The summed E-state index contributed by atoms with van der Waals surface area (Å²) < 4.78 is 30.3. The van der Waals surface area contributed by atoms with Gasteiger partial charge in [0, 0.05) is 50.1 Å². The second kappa shape index (κ2) is 11.2. The Morgan fingerprint density at radius 3 is 2.79 bits per heavy atom. The lowest BCUT2D eigenvalue weighted by Crippen LogP contribution is -2.35. The molecule has 1 aromatic heterocycles. The third kappa shape index (κ3) is 6.17. The highest BCUT2D eigenvalue weighted by atomic mass is 19.1. The molecule has 0 saturated carbocycles. The van der Waals surface area contributed by atoms with Gasteiger partial charge in [0.1, 0.15) is 29.2 Å². The summed E-state index contributed by atoms with van der Waals surface area (Å²) in [5.74, 6) is 2.09. The van der Waals surface area contributed by atoms with Gasteiger partial charge in [0.2, 0.25) is 5.91 Å². The number of carbonyl (C=O) groups excluding carboxylic acids is 1. The lowest BCUT2D eigenvalue weighted by molar-refractivity contribution is -0.121. The molecule has 2 heterocycles. The molecule has 180 valence electrons. The van der Waals surface area contributed by atoms with Gasteiger partial charge in [-0.05, 0) is 49.2 Å². The van der Waals surface area contributed by atoms with Gasteiger partial charge in [-0.15, -0.1) is 0 Å². The highest BCUT2D eigenvalue weighted by Gasteiger charge is 2.22. The van der Waals surface area contributed by atoms with E-state index in [1.54, 1.807) is 25.5 Å². The number of hydrogen-bond donors (Lipinski definition) is 1. The SMILES string of the molecule is COc1ccc2c(c1)OC(C)CN(CCC(=O)NCCC(c1ccc(F)cc1)c1ccco1)C2. The van der Waals surface area contributed by atoms with Crippen LogP contribution in [0.1, 0.15) is 42.6 Å². The Hall–Kier alpha value is -3.32. The number of nitrogens with one attached hydrogen (secondary N) is 1. The molecule has 6 nitrogen and oxygen atoms in total. The van der Waals surface area contributed by atoms with Crippen LogP contribution >= 0.6 is 0 Å². The fourth-order valence-electron chi connectivity index (χ4n) is 4.36. The first kappa shape index (κ1) is 23.8. The van der Waals surface area contributed by atoms with E-state index in [0.717, 1.165) is 41.5 Å².